The topological polar surface area (TPSA) is 41.6 Å². The highest BCUT2D eigenvalue weighted by atomic mass is 35.5. The number of ether oxygens (including phenoxy) is 1. The minimum atomic E-state index is -0.507. The van der Waals surface area contributed by atoms with Gasteiger partial charge in [-0.05, 0) is 48.7 Å². The average Bonchev–Trinajstić information content (AvgIpc) is 3.08. The van der Waals surface area contributed by atoms with E-state index >= 15 is 0 Å². The van der Waals surface area contributed by atoms with Gasteiger partial charge < -0.3 is 15.0 Å². The molecule has 1 heterocycles. The number of urea groups is 1. The first-order chi connectivity index (χ1) is 11.6. The maximum absolute atomic E-state index is 13.2. The third-order valence-corrected chi connectivity index (χ3v) is 4.47. The summed E-state index contributed by atoms with van der Waals surface area (Å²) in [6, 6.07) is 11.7. The van der Waals surface area contributed by atoms with Crippen molar-refractivity contribution in [2.45, 2.75) is 18.9 Å². The lowest BCUT2D eigenvalue weighted by Crippen LogP contribution is -2.34. The van der Waals surface area contributed by atoms with Crippen molar-refractivity contribution in [3.63, 3.8) is 0 Å². The number of hydrogen-bond donors (Lipinski definition) is 1. The summed E-state index contributed by atoms with van der Waals surface area (Å²) in [4.78, 5) is 14.4. The van der Waals surface area contributed by atoms with Crippen molar-refractivity contribution < 1.29 is 13.9 Å². The van der Waals surface area contributed by atoms with Crippen LogP contribution in [-0.2, 0) is 0 Å². The van der Waals surface area contributed by atoms with Gasteiger partial charge in [0.1, 0.15) is 11.6 Å². The number of halogens is 2. The Kier molecular flexibility index (Phi) is 4.90. The molecule has 1 N–H and O–H groups in total. The number of carbonyl (C=O) groups is 1. The summed E-state index contributed by atoms with van der Waals surface area (Å²) in [7, 11) is 1.62. The van der Waals surface area contributed by atoms with E-state index in [1.807, 2.05) is 24.3 Å². The smallest absolute Gasteiger partial charge is 0.322 e. The maximum Gasteiger partial charge on any atom is 0.322 e. The van der Waals surface area contributed by atoms with Crippen LogP contribution >= 0.6 is 11.6 Å². The van der Waals surface area contributed by atoms with Crippen molar-refractivity contribution in [2.75, 3.05) is 19.0 Å². The van der Waals surface area contributed by atoms with Crippen LogP contribution in [0.1, 0.15) is 24.4 Å². The fraction of sp³-hybridized carbons (Fsp3) is 0.278. The van der Waals surface area contributed by atoms with Crippen LogP contribution in [0.4, 0.5) is 14.9 Å². The Morgan fingerprint density at radius 3 is 2.71 bits per heavy atom. The summed E-state index contributed by atoms with van der Waals surface area (Å²) in [5, 5.41) is 2.77. The van der Waals surface area contributed by atoms with Crippen molar-refractivity contribution in [2.24, 2.45) is 0 Å². The van der Waals surface area contributed by atoms with Crippen LogP contribution in [0, 0.1) is 5.82 Å². The zero-order valence-corrected chi connectivity index (χ0v) is 14.0. The van der Waals surface area contributed by atoms with E-state index in [-0.39, 0.29) is 17.1 Å². The van der Waals surface area contributed by atoms with Crippen LogP contribution in [0.3, 0.4) is 0 Å². The van der Waals surface area contributed by atoms with E-state index in [2.05, 4.69) is 5.32 Å². The van der Waals surface area contributed by atoms with Gasteiger partial charge >= 0.3 is 6.03 Å². The molecule has 0 radical (unpaired) electrons. The molecule has 6 heteroatoms. The van der Waals surface area contributed by atoms with Crippen molar-refractivity contribution >= 4 is 23.3 Å². The molecule has 2 aromatic rings. The fourth-order valence-corrected chi connectivity index (χ4v) is 3.13. The molecule has 24 heavy (non-hydrogen) atoms. The summed E-state index contributed by atoms with van der Waals surface area (Å²) in [6.45, 7) is 0.678. The summed E-state index contributed by atoms with van der Waals surface area (Å²) in [6.07, 6.45) is 1.85. The lowest BCUT2D eigenvalue weighted by molar-refractivity contribution is 0.207. The Morgan fingerprint density at radius 1 is 1.29 bits per heavy atom. The molecule has 0 unspecified atom stereocenters. The molecule has 0 aliphatic carbocycles. The zero-order valence-electron chi connectivity index (χ0n) is 13.3. The lowest BCUT2D eigenvalue weighted by Gasteiger charge is -2.25. The van der Waals surface area contributed by atoms with E-state index in [1.165, 1.54) is 18.2 Å². The second-order valence-corrected chi connectivity index (χ2v) is 6.09. The van der Waals surface area contributed by atoms with Gasteiger partial charge in [0.2, 0.25) is 0 Å². The molecule has 126 valence electrons. The molecule has 2 amide bonds. The minimum absolute atomic E-state index is 0.0130. The molecule has 1 saturated heterocycles. The number of nitrogens with one attached hydrogen (secondary N) is 1. The molecule has 0 spiro atoms. The second-order valence-electron chi connectivity index (χ2n) is 5.68. The molecule has 0 bridgehead atoms. The van der Waals surface area contributed by atoms with Crippen molar-refractivity contribution in [3.8, 4) is 5.75 Å². The predicted octanol–water partition coefficient (Wildman–Crippen LogP) is 4.86. The molecule has 0 saturated carbocycles. The van der Waals surface area contributed by atoms with Gasteiger partial charge in [0.15, 0.2) is 0 Å². The van der Waals surface area contributed by atoms with Crippen molar-refractivity contribution in [1.29, 1.82) is 0 Å². The fourth-order valence-electron chi connectivity index (χ4n) is 2.95. The third-order valence-electron chi connectivity index (χ3n) is 4.19. The number of likely N-dealkylation sites (tertiary alicyclic amines) is 1. The van der Waals surface area contributed by atoms with Gasteiger partial charge in [-0.3, -0.25) is 0 Å². The zero-order chi connectivity index (χ0) is 17.1. The number of nitrogens with zero attached hydrogens (tertiary/aromatic N) is 1. The van der Waals surface area contributed by atoms with Gasteiger partial charge in [0.25, 0.3) is 0 Å². The maximum atomic E-state index is 13.2. The highest BCUT2D eigenvalue weighted by Crippen LogP contribution is 2.33. The number of amides is 2. The van der Waals surface area contributed by atoms with E-state index in [0.717, 1.165) is 24.2 Å². The summed E-state index contributed by atoms with van der Waals surface area (Å²) in [5.74, 6) is 0.278. The molecule has 4 nitrogen and oxygen atoms in total. The number of methoxy groups -OCH3 is 1. The predicted molar refractivity (Wildman–Crippen MR) is 92.1 cm³/mol. The molecule has 0 aromatic heterocycles. The van der Waals surface area contributed by atoms with Crippen LogP contribution in [0.15, 0.2) is 42.5 Å². The Balaban J connectivity index is 1.74. The Morgan fingerprint density at radius 2 is 2.04 bits per heavy atom. The standard InChI is InChI=1S/C18H18ClFN2O2/c1-24-14-7-4-12(5-8-14)17-3-2-10-22(17)18(23)21-13-6-9-16(20)15(19)11-13/h4-9,11,17H,2-3,10H2,1H3,(H,21,23)/t17-/m1/s1. The molecule has 1 atom stereocenters. The SMILES string of the molecule is COc1ccc([C@H]2CCCN2C(=O)Nc2ccc(F)c(Cl)c2)cc1. The summed E-state index contributed by atoms with van der Waals surface area (Å²) in [5.41, 5.74) is 1.55. The first kappa shape index (κ1) is 16.6. The summed E-state index contributed by atoms with van der Waals surface area (Å²) < 4.78 is 18.4. The van der Waals surface area contributed by atoms with E-state index in [4.69, 9.17) is 16.3 Å². The first-order valence-corrected chi connectivity index (χ1v) is 8.13. The average molecular weight is 349 g/mol. The van der Waals surface area contributed by atoms with Crippen LogP contribution < -0.4 is 10.1 Å². The molecular formula is C18H18ClFN2O2. The van der Waals surface area contributed by atoms with Crippen LogP contribution in [0.25, 0.3) is 0 Å². The van der Waals surface area contributed by atoms with E-state index < -0.39 is 5.82 Å². The Hall–Kier alpha value is -2.27. The summed E-state index contributed by atoms with van der Waals surface area (Å²) >= 11 is 5.76. The number of benzene rings is 2. The van der Waals surface area contributed by atoms with Gasteiger partial charge in [-0.2, -0.15) is 0 Å². The number of carbonyl (C=O) groups excluding carboxylic acids is 1. The lowest BCUT2D eigenvalue weighted by atomic mass is 10.0. The number of rotatable bonds is 3. The first-order valence-electron chi connectivity index (χ1n) is 7.75. The normalized spacial score (nSPS) is 17.0. The Labute approximate surface area is 145 Å². The van der Waals surface area contributed by atoms with E-state index in [0.29, 0.717) is 12.2 Å². The van der Waals surface area contributed by atoms with Crippen LogP contribution in [0.5, 0.6) is 5.75 Å². The van der Waals surface area contributed by atoms with E-state index in [1.54, 1.807) is 12.0 Å². The molecular weight excluding hydrogens is 331 g/mol. The van der Waals surface area contributed by atoms with E-state index in [9.17, 15) is 9.18 Å². The highest BCUT2D eigenvalue weighted by molar-refractivity contribution is 6.31. The molecule has 2 aromatic carbocycles. The van der Waals surface area contributed by atoms with Crippen LogP contribution in [-0.4, -0.2) is 24.6 Å². The molecule has 1 aliphatic rings. The number of hydrogen-bond acceptors (Lipinski definition) is 2. The van der Waals surface area contributed by atoms with Gasteiger partial charge in [-0.1, -0.05) is 23.7 Å². The molecule has 1 aliphatic heterocycles. The van der Waals surface area contributed by atoms with Crippen molar-refractivity contribution in [3.05, 3.63) is 58.9 Å². The Bertz CT molecular complexity index is 736. The van der Waals surface area contributed by atoms with Gasteiger partial charge in [-0.25, -0.2) is 9.18 Å². The van der Waals surface area contributed by atoms with Crippen molar-refractivity contribution in [1.82, 2.24) is 4.90 Å². The molecule has 3 rings (SSSR count). The highest BCUT2D eigenvalue weighted by Gasteiger charge is 2.30. The minimum Gasteiger partial charge on any atom is -0.497 e. The molecule has 1 fully saturated rings. The van der Waals surface area contributed by atoms with Gasteiger partial charge in [0, 0.05) is 12.2 Å². The largest absolute Gasteiger partial charge is 0.497 e. The quantitative estimate of drug-likeness (QED) is 0.860. The monoisotopic (exact) mass is 348 g/mol. The second kappa shape index (κ2) is 7.09. The van der Waals surface area contributed by atoms with Crippen LogP contribution in [0.2, 0.25) is 5.02 Å². The third kappa shape index (κ3) is 3.46. The van der Waals surface area contributed by atoms with Gasteiger partial charge in [-0.15, -0.1) is 0 Å². The van der Waals surface area contributed by atoms with Gasteiger partial charge in [0.05, 0.1) is 18.2 Å². The number of anilines is 1.